The van der Waals surface area contributed by atoms with E-state index >= 15 is 0 Å². The molecule has 4 aromatic rings. The number of aromatic nitrogens is 3. The number of rotatable bonds is 6. The molecule has 1 aromatic carbocycles. The van der Waals surface area contributed by atoms with Gasteiger partial charge >= 0.3 is 0 Å². The molecule has 0 spiro atoms. The summed E-state index contributed by atoms with van der Waals surface area (Å²) >= 11 is 0. The van der Waals surface area contributed by atoms with E-state index in [1.165, 1.54) is 0 Å². The predicted molar refractivity (Wildman–Crippen MR) is 122 cm³/mol. The third-order valence-corrected chi connectivity index (χ3v) is 6.50. The number of anilines is 1. The van der Waals surface area contributed by atoms with Gasteiger partial charge < -0.3 is 24.9 Å². The summed E-state index contributed by atoms with van der Waals surface area (Å²) in [7, 11) is 1.80. The monoisotopic (exact) mass is 445 g/mol. The van der Waals surface area contributed by atoms with E-state index in [9.17, 15) is 4.79 Å². The number of hydrogen-bond acceptors (Lipinski definition) is 8. The van der Waals surface area contributed by atoms with Crippen molar-refractivity contribution < 1.29 is 18.7 Å². The Morgan fingerprint density at radius 3 is 2.82 bits per heavy atom. The van der Waals surface area contributed by atoms with Crippen molar-refractivity contribution in [3.8, 4) is 17.2 Å². The maximum atomic E-state index is 12.1. The maximum absolute atomic E-state index is 12.1. The normalized spacial score (nSPS) is 19.1. The summed E-state index contributed by atoms with van der Waals surface area (Å²) in [6.07, 6.45) is 5.80. The smallest absolute Gasteiger partial charge is 0.229 e. The average Bonchev–Trinajstić information content (AvgIpc) is 3.29. The fraction of sp³-hybridized carbons (Fsp3) is 0.333. The number of nitrogens with one attached hydrogen (secondary N) is 1. The van der Waals surface area contributed by atoms with E-state index in [2.05, 4.69) is 15.3 Å². The second-order valence-electron chi connectivity index (χ2n) is 8.58. The van der Waals surface area contributed by atoms with Crippen LogP contribution >= 0.6 is 0 Å². The SMILES string of the molecule is CNc1ncc(-c2nc3cc(OC4CCOC4)ccc3o2)c2cc(C3(C(N)=O)CC3)ncc12. The molecule has 168 valence electrons. The van der Waals surface area contributed by atoms with Gasteiger partial charge in [-0.3, -0.25) is 9.78 Å². The molecule has 6 rings (SSSR count). The molecule has 2 fully saturated rings. The van der Waals surface area contributed by atoms with Crippen molar-refractivity contribution in [2.45, 2.75) is 30.8 Å². The first-order chi connectivity index (χ1) is 16.1. The minimum Gasteiger partial charge on any atom is -0.488 e. The Bertz CT molecular complexity index is 1390. The number of pyridine rings is 2. The number of fused-ring (bicyclic) bond motifs is 2. The number of nitrogens with two attached hydrogens (primary N) is 1. The van der Waals surface area contributed by atoms with Crippen molar-refractivity contribution in [3.63, 3.8) is 0 Å². The van der Waals surface area contributed by atoms with Crippen molar-refractivity contribution in [2.75, 3.05) is 25.6 Å². The molecule has 9 nitrogen and oxygen atoms in total. The van der Waals surface area contributed by atoms with Crippen molar-refractivity contribution >= 4 is 33.6 Å². The number of hydrogen-bond donors (Lipinski definition) is 2. The molecule has 1 saturated heterocycles. The van der Waals surface area contributed by atoms with Gasteiger partial charge in [-0.1, -0.05) is 0 Å². The molecule has 9 heteroatoms. The molecule has 33 heavy (non-hydrogen) atoms. The van der Waals surface area contributed by atoms with Gasteiger partial charge in [0.15, 0.2) is 5.58 Å². The summed E-state index contributed by atoms with van der Waals surface area (Å²) in [5.74, 6) is 1.51. The van der Waals surface area contributed by atoms with Crippen LogP contribution in [0, 0.1) is 0 Å². The molecule has 1 unspecified atom stereocenters. The fourth-order valence-electron chi connectivity index (χ4n) is 4.41. The van der Waals surface area contributed by atoms with Crippen molar-refractivity contribution in [1.29, 1.82) is 0 Å². The van der Waals surface area contributed by atoms with Crippen molar-refractivity contribution in [3.05, 3.63) is 42.4 Å². The first kappa shape index (κ1) is 19.9. The Kier molecular flexibility index (Phi) is 4.48. The highest BCUT2D eigenvalue weighted by atomic mass is 16.5. The lowest BCUT2D eigenvalue weighted by Gasteiger charge is -2.13. The van der Waals surface area contributed by atoms with E-state index in [0.717, 1.165) is 35.1 Å². The van der Waals surface area contributed by atoms with Crippen LogP contribution in [0.15, 0.2) is 41.1 Å². The van der Waals surface area contributed by atoms with E-state index in [-0.39, 0.29) is 12.0 Å². The van der Waals surface area contributed by atoms with Gasteiger partial charge in [0.25, 0.3) is 0 Å². The highest BCUT2D eigenvalue weighted by Crippen LogP contribution is 2.48. The number of carbonyl (C=O) groups excluding carboxylic acids is 1. The Labute approximate surface area is 189 Å². The standard InChI is InChI=1S/C24H23N5O4/c1-26-21-16-10-27-20(24(5-6-24)23(25)30)9-15(16)17(11-28-21)22-29-18-8-13(2-3-19(18)33-22)32-14-4-7-31-12-14/h2-3,8-11,14H,4-7,12H2,1H3,(H2,25,30)(H,26,28). The molecule has 1 atom stereocenters. The van der Waals surface area contributed by atoms with Gasteiger partial charge in [-0.15, -0.1) is 0 Å². The number of amides is 1. The molecule has 3 aromatic heterocycles. The second-order valence-corrected chi connectivity index (χ2v) is 8.58. The summed E-state index contributed by atoms with van der Waals surface area (Å²) in [4.78, 5) is 25.9. The number of ether oxygens (including phenoxy) is 2. The van der Waals surface area contributed by atoms with Crippen molar-refractivity contribution in [1.82, 2.24) is 15.0 Å². The summed E-state index contributed by atoms with van der Waals surface area (Å²) in [5.41, 5.74) is 7.72. The molecule has 1 aliphatic heterocycles. The minimum absolute atomic E-state index is 0.0574. The molecule has 2 aliphatic rings. The fourth-order valence-corrected chi connectivity index (χ4v) is 4.41. The lowest BCUT2D eigenvalue weighted by atomic mass is 9.98. The molecule has 0 bridgehead atoms. The maximum Gasteiger partial charge on any atom is 0.229 e. The van der Waals surface area contributed by atoms with Crippen LogP contribution in [-0.2, 0) is 14.9 Å². The lowest BCUT2D eigenvalue weighted by molar-refractivity contribution is -0.120. The quantitative estimate of drug-likeness (QED) is 0.464. The second kappa shape index (κ2) is 7.41. The molecular formula is C24H23N5O4. The van der Waals surface area contributed by atoms with Crippen LogP contribution in [0.25, 0.3) is 33.3 Å². The average molecular weight is 445 g/mol. The van der Waals surface area contributed by atoms with Crippen LogP contribution in [-0.4, -0.2) is 47.2 Å². The molecule has 1 aliphatic carbocycles. The Morgan fingerprint density at radius 1 is 1.21 bits per heavy atom. The zero-order valence-corrected chi connectivity index (χ0v) is 18.1. The summed E-state index contributed by atoms with van der Waals surface area (Å²) in [6.45, 7) is 1.32. The number of nitrogens with zero attached hydrogens (tertiary/aromatic N) is 3. The summed E-state index contributed by atoms with van der Waals surface area (Å²) < 4.78 is 17.5. The highest BCUT2D eigenvalue weighted by molar-refractivity contribution is 6.01. The molecule has 4 heterocycles. The van der Waals surface area contributed by atoms with E-state index < -0.39 is 5.41 Å². The van der Waals surface area contributed by atoms with E-state index in [4.69, 9.17) is 24.6 Å². The van der Waals surface area contributed by atoms with Crippen LogP contribution in [0.1, 0.15) is 25.0 Å². The minimum atomic E-state index is -0.688. The number of carbonyl (C=O) groups is 1. The van der Waals surface area contributed by atoms with Crippen LogP contribution in [0.3, 0.4) is 0 Å². The Morgan fingerprint density at radius 2 is 2.09 bits per heavy atom. The topological polar surface area (TPSA) is 125 Å². The zero-order valence-electron chi connectivity index (χ0n) is 18.1. The molecular weight excluding hydrogens is 422 g/mol. The number of primary amides is 1. The predicted octanol–water partition coefficient (Wildman–Crippen LogP) is 3.16. The Balaban J connectivity index is 1.45. The van der Waals surface area contributed by atoms with Gasteiger partial charge in [0.05, 0.1) is 29.9 Å². The van der Waals surface area contributed by atoms with Gasteiger partial charge in [0.2, 0.25) is 11.8 Å². The highest BCUT2D eigenvalue weighted by Gasteiger charge is 2.51. The number of benzene rings is 1. The molecule has 0 radical (unpaired) electrons. The first-order valence-electron chi connectivity index (χ1n) is 11.0. The van der Waals surface area contributed by atoms with E-state index in [0.29, 0.717) is 48.0 Å². The van der Waals surface area contributed by atoms with Gasteiger partial charge in [0, 0.05) is 42.7 Å². The Hall–Kier alpha value is -3.72. The van der Waals surface area contributed by atoms with Gasteiger partial charge in [-0.2, -0.15) is 0 Å². The van der Waals surface area contributed by atoms with Gasteiger partial charge in [-0.25, -0.2) is 9.97 Å². The first-order valence-corrected chi connectivity index (χ1v) is 11.0. The van der Waals surface area contributed by atoms with E-state index in [1.54, 1.807) is 19.4 Å². The van der Waals surface area contributed by atoms with Crippen LogP contribution in [0.4, 0.5) is 5.82 Å². The summed E-state index contributed by atoms with van der Waals surface area (Å²) in [6, 6.07) is 7.52. The van der Waals surface area contributed by atoms with Crippen LogP contribution in [0.5, 0.6) is 5.75 Å². The third-order valence-electron chi connectivity index (χ3n) is 6.50. The van der Waals surface area contributed by atoms with Crippen LogP contribution in [0.2, 0.25) is 0 Å². The molecule has 3 N–H and O–H groups in total. The van der Waals surface area contributed by atoms with Gasteiger partial charge in [0.1, 0.15) is 23.2 Å². The zero-order chi connectivity index (χ0) is 22.6. The summed E-state index contributed by atoms with van der Waals surface area (Å²) in [5, 5.41) is 4.75. The van der Waals surface area contributed by atoms with Crippen molar-refractivity contribution in [2.24, 2.45) is 5.73 Å². The molecule has 1 saturated carbocycles. The van der Waals surface area contributed by atoms with Crippen LogP contribution < -0.4 is 15.8 Å². The lowest BCUT2D eigenvalue weighted by Crippen LogP contribution is -2.29. The largest absolute Gasteiger partial charge is 0.488 e. The van der Waals surface area contributed by atoms with Gasteiger partial charge in [-0.05, 0) is 31.0 Å². The third kappa shape index (κ3) is 3.27. The molecule has 1 amide bonds. The van der Waals surface area contributed by atoms with E-state index in [1.807, 2.05) is 24.3 Å². The number of oxazole rings is 1.